The summed E-state index contributed by atoms with van der Waals surface area (Å²) >= 11 is 0. The molecule has 0 aromatic heterocycles. The van der Waals surface area contributed by atoms with Gasteiger partial charge in [0.05, 0.1) is 26.0 Å². The van der Waals surface area contributed by atoms with Gasteiger partial charge in [0, 0.05) is 5.69 Å². The van der Waals surface area contributed by atoms with Crippen LogP contribution in [0.15, 0.2) is 48.5 Å². The normalized spacial score (nSPS) is 12.3. The van der Waals surface area contributed by atoms with E-state index in [4.69, 9.17) is 10.5 Å². The van der Waals surface area contributed by atoms with E-state index in [0.717, 1.165) is 11.1 Å². The van der Waals surface area contributed by atoms with Gasteiger partial charge in [-0.05, 0) is 34.2 Å². The fourth-order valence-electron chi connectivity index (χ4n) is 2.78. The second-order valence-corrected chi connectivity index (χ2v) is 7.69. The van der Waals surface area contributed by atoms with E-state index in [0.29, 0.717) is 5.69 Å². The van der Waals surface area contributed by atoms with Crippen molar-refractivity contribution in [2.75, 3.05) is 12.8 Å². The molecule has 144 valence electrons. The van der Waals surface area contributed by atoms with E-state index in [1.807, 2.05) is 36.4 Å². The van der Waals surface area contributed by atoms with Crippen LogP contribution in [0.3, 0.4) is 0 Å². The first-order valence-corrected chi connectivity index (χ1v) is 9.00. The number of hydrogen-bond donors (Lipinski definition) is 2. The van der Waals surface area contributed by atoms with E-state index in [9.17, 15) is 9.59 Å². The van der Waals surface area contributed by atoms with Crippen LogP contribution in [0.4, 0.5) is 5.69 Å². The third-order valence-electron chi connectivity index (χ3n) is 4.46. The van der Waals surface area contributed by atoms with E-state index < -0.39 is 6.04 Å². The number of benzene rings is 2. The second-order valence-electron chi connectivity index (χ2n) is 7.69. The van der Waals surface area contributed by atoms with Crippen LogP contribution in [0, 0.1) is 0 Å². The number of ether oxygens (including phenoxy) is 1. The Kier molecular flexibility index (Phi) is 6.61. The molecule has 5 heteroatoms. The molecule has 27 heavy (non-hydrogen) atoms. The quantitative estimate of drug-likeness (QED) is 0.604. The monoisotopic (exact) mass is 368 g/mol. The van der Waals surface area contributed by atoms with E-state index in [1.54, 1.807) is 12.1 Å². The topological polar surface area (TPSA) is 81.4 Å². The minimum Gasteiger partial charge on any atom is -0.469 e. The molecule has 0 bridgehead atoms. The highest BCUT2D eigenvalue weighted by atomic mass is 16.5. The van der Waals surface area contributed by atoms with Crippen molar-refractivity contribution < 1.29 is 14.3 Å². The first kappa shape index (κ1) is 20.5. The van der Waals surface area contributed by atoms with Gasteiger partial charge in [-0.2, -0.15) is 0 Å². The van der Waals surface area contributed by atoms with Gasteiger partial charge in [0.1, 0.15) is 0 Å². The number of esters is 1. The molecule has 0 fully saturated rings. The van der Waals surface area contributed by atoms with Gasteiger partial charge in [-0.3, -0.25) is 9.59 Å². The first-order chi connectivity index (χ1) is 12.7. The molecule has 0 radical (unpaired) electrons. The van der Waals surface area contributed by atoms with Crippen LogP contribution in [0.5, 0.6) is 0 Å². The van der Waals surface area contributed by atoms with Crippen LogP contribution in [0.2, 0.25) is 0 Å². The van der Waals surface area contributed by atoms with Crippen LogP contribution < -0.4 is 11.1 Å². The molecule has 2 aromatic rings. The molecule has 2 aromatic carbocycles. The Morgan fingerprint density at radius 3 is 2.15 bits per heavy atom. The largest absolute Gasteiger partial charge is 0.469 e. The van der Waals surface area contributed by atoms with E-state index in [2.05, 4.69) is 26.1 Å². The average molecular weight is 368 g/mol. The lowest BCUT2D eigenvalue weighted by Crippen LogP contribution is -2.31. The summed E-state index contributed by atoms with van der Waals surface area (Å²) in [5, 5.41) is 2.95. The first-order valence-electron chi connectivity index (χ1n) is 9.00. The molecular weight excluding hydrogens is 340 g/mol. The highest BCUT2D eigenvalue weighted by Crippen LogP contribution is 2.25. The van der Waals surface area contributed by atoms with Gasteiger partial charge in [-0.1, -0.05) is 57.2 Å². The van der Waals surface area contributed by atoms with Crippen LogP contribution in [-0.2, 0) is 26.2 Å². The Balaban J connectivity index is 2.14. The van der Waals surface area contributed by atoms with Crippen LogP contribution in [-0.4, -0.2) is 19.0 Å². The smallest absolute Gasteiger partial charge is 0.307 e. The van der Waals surface area contributed by atoms with Crippen molar-refractivity contribution in [3.63, 3.8) is 0 Å². The standard InChI is InChI=1S/C22H28N2O3/c1-22(2,3)17-9-7-16(8-10-17)19(14-21(26)27-4)24-20(25)13-15-5-11-18(23)12-6-15/h5-12,19H,13-14,23H2,1-4H3,(H,24,25). The molecule has 0 spiro atoms. The summed E-state index contributed by atoms with van der Waals surface area (Å²) in [6.45, 7) is 6.42. The zero-order valence-corrected chi connectivity index (χ0v) is 16.4. The molecule has 1 atom stereocenters. The molecule has 0 saturated carbocycles. The Morgan fingerprint density at radius 2 is 1.63 bits per heavy atom. The number of anilines is 1. The number of methoxy groups -OCH3 is 1. The van der Waals surface area contributed by atoms with Crippen molar-refractivity contribution in [1.82, 2.24) is 5.32 Å². The predicted molar refractivity (Wildman–Crippen MR) is 107 cm³/mol. The number of amides is 1. The zero-order valence-electron chi connectivity index (χ0n) is 16.4. The maximum atomic E-state index is 12.5. The summed E-state index contributed by atoms with van der Waals surface area (Å²) in [5.41, 5.74) is 9.29. The van der Waals surface area contributed by atoms with E-state index in [1.165, 1.54) is 12.7 Å². The lowest BCUT2D eigenvalue weighted by Gasteiger charge is -2.22. The van der Waals surface area contributed by atoms with Crippen molar-refractivity contribution in [2.24, 2.45) is 0 Å². The number of hydrogen-bond acceptors (Lipinski definition) is 4. The van der Waals surface area contributed by atoms with E-state index in [-0.39, 0.29) is 30.1 Å². The third-order valence-corrected chi connectivity index (χ3v) is 4.46. The van der Waals surface area contributed by atoms with Crippen LogP contribution in [0.1, 0.15) is 49.9 Å². The number of carbonyl (C=O) groups excluding carboxylic acids is 2. The van der Waals surface area contributed by atoms with Gasteiger partial charge in [0.25, 0.3) is 0 Å². The molecule has 0 saturated heterocycles. The summed E-state index contributed by atoms with van der Waals surface area (Å²) in [7, 11) is 1.35. The van der Waals surface area contributed by atoms with Crippen molar-refractivity contribution in [3.05, 3.63) is 65.2 Å². The number of carbonyl (C=O) groups is 2. The Morgan fingerprint density at radius 1 is 1.04 bits per heavy atom. The summed E-state index contributed by atoms with van der Waals surface area (Å²) in [4.78, 5) is 24.3. The molecular formula is C22H28N2O3. The number of nitrogen functional groups attached to an aromatic ring is 1. The average Bonchev–Trinajstić information content (AvgIpc) is 2.62. The predicted octanol–water partition coefficient (Wildman–Crippen LogP) is 3.53. The highest BCUT2D eigenvalue weighted by Gasteiger charge is 2.20. The van der Waals surface area contributed by atoms with Crippen molar-refractivity contribution in [2.45, 2.75) is 45.1 Å². The minimum absolute atomic E-state index is 0.0365. The molecule has 0 heterocycles. The number of nitrogens with one attached hydrogen (secondary N) is 1. The second kappa shape index (κ2) is 8.71. The number of nitrogens with two attached hydrogens (primary N) is 1. The summed E-state index contributed by atoms with van der Waals surface area (Å²) in [6.07, 6.45) is 0.302. The van der Waals surface area contributed by atoms with Crippen molar-refractivity contribution in [3.8, 4) is 0 Å². The molecule has 0 aliphatic rings. The van der Waals surface area contributed by atoms with Crippen LogP contribution in [0.25, 0.3) is 0 Å². The molecule has 1 unspecified atom stereocenters. The molecule has 1 amide bonds. The van der Waals surface area contributed by atoms with Gasteiger partial charge in [-0.25, -0.2) is 0 Å². The van der Waals surface area contributed by atoms with Crippen molar-refractivity contribution in [1.29, 1.82) is 0 Å². The summed E-state index contributed by atoms with van der Waals surface area (Å²) in [5.74, 6) is -0.527. The Labute approximate surface area is 160 Å². The SMILES string of the molecule is COC(=O)CC(NC(=O)Cc1ccc(N)cc1)c1ccc(C(C)(C)C)cc1. The van der Waals surface area contributed by atoms with Gasteiger partial charge >= 0.3 is 5.97 Å². The Bertz CT molecular complexity index is 775. The maximum absolute atomic E-state index is 12.5. The summed E-state index contributed by atoms with van der Waals surface area (Å²) in [6, 6.07) is 14.7. The maximum Gasteiger partial charge on any atom is 0.307 e. The molecule has 0 aliphatic heterocycles. The molecule has 3 N–H and O–H groups in total. The molecule has 2 rings (SSSR count). The zero-order chi connectivity index (χ0) is 20.0. The van der Waals surface area contributed by atoms with Gasteiger partial charge in [0.2, 0.25) is 5.91 Å². The number of rotatable bonds is 6. The third kappa shape index (κ3) is 6.13. The fraction of sp³-hybridized carbons (Fsp3) is 0.364. The van der Waals surface area contributed by atoms with Crippen LogP contribution >= 0.6 is 0 Å². The lowest BCUT2D eigenvalue weighted by atomic mass is 9.86. The highest BCUT2D eigenvalue weighted by molar-refractivity contribution is 5.80. The fourth-order valence-corrected chi connectivity index (χ4v) is 2.78. The minimum atomic E-state index is -0.437. The van der Waals surface area contributed by atoms with E-state index >= 15 is 0 Å². The van der Waals surface area contributed by atoms with Gasteiger partial charge in [0.15, 0.2) is 0 Å². The van der Waals surface area contributed by atoms with Crippen molar-refractivity contribution >= 4 is 17.6 Å². The Hall–Kier alpha value is -2.82. The van der Waals surface area contributed by atoms with Gasteiger partial charge < -0.3 is 15.8 Å². The lowest BCUT2D eigenvalue weighted by molar-refractivity contribution is -0.141. The van der Waals surface area contributed by atoms with Gasteiger partial charge in [-0.15, -0.1) is 0 Å². The molecule has 5 nitrogen and oxygen atoms in total. The summed E-state index contributed by atoms with van der Waals surface area (Å²) < 4.78 is 4.79. The molecule has 0 aliphatic carbocycles.